The van der Waals surface area contributed by atoms with Crippen molar-refractivity contribution in [1.29, 1.82) is 5.26 Å². The Morgan fingerprint density at radius 2 is 1.74 bits per heavy atom. The van der Waals surface area contributed by atoms with Crippen LogP contribution in [0.25, 0.3) is 0 Å². The number of halogens is 1. The van der Waals surface area contributed by atoms with E-state index in [1.54, 1.807) is 24.3 Å². The zero-order chi connectivity index (χ0) is 19.6. The van der Waals surface area contributed by atoms with E-state index in [-0.39, 0.29) is 11.9 Å². The topological polar surface area (TPSA) is 57.8 Å². The zero-order valence-corrected chi connectivity index (χ0v) is 16.2. The highest BCUT2D eigenvalue weighted by molar-refractivity contribution is 6.30. The number of carbonyl (C=O) groups excluding carboxylic acids is 1. The van der Waals surface area contributed by atoms with E-state index in [2.05, 4.69) is 18.3 Å². The molecule has 0 aliphatic carbocycles. The number of hydrogen-bond acceptors (Lipinski definition) is 2. The smallest absolute Gasteiger partial charge is 0.256 e. The second-order valence-electron chi connectivity index (χ2n) is 6.46. The van der Waals surface area contributed by atoms with Gasteiger partial charge in [0.1, 0.15) is 11.9 Å². The summed E-state index contributed by atoms with van der Waals surface area (Å²) in [5, 5.41) is 13.2. The number of benzene rings is 2. The molecule has 5 heteroatoms. The Balaban J connectivity index is 2.06. The van der Waals surface area contributed by atoms with Gasteiger partial charge in [-0.15, -0.1) is 0 Å². The predicted molar refractivity (Wildman–Crippen MR) is 108 cm³/mol. The second-order valence-corrected chi connectivity index (χ2v) is 6.90. The normalized spacial score (nSPS) is 11.7. The number of hydrogen-bond donors (Lipinski definition) is 1. The third-order valence-corrected chi connectivity index (χ3v) is 5.13. The fourth-order valence-electron chi connectivity index (χ4n) is 3.23. The summed E-state index contributed by atoms with van der Waals surface area (Å²) in [6.45, 7) is 5.93. The molecule has 2 aromatic carbocycles. The molecule has 0 unspecified atom stereocenters. The van der Waals surface area contributed by atoms with E-state index in [1.165, 1.54) is 0 Å². The van der Waals surface area contributed by atoms with E-state index in [4.69, 9.17) is 11.6 Å². The van der Waals surface area contributed by atoms with Crippen LogP contribution in [0.4, 0.5) is 5.82 Å². The highest BCUT2D eigenvalue weighted by Crippen LogP contribution is 2.33. The summed E-state index contributed by atoms with van der Waals surface area (Å²) in [6.07, 6.45) is 0. The molecule has 1 atom stereocenters. The number of nitrogens with one attached hydrogen (secondary N) is 1. The monoisotopic (exact) mass is 377 g/mol. The second kappa shape index (κ2) is 7.69. The summed E-state index contributed by atoms with van der Waals surface area (Å²) in [5.41, 5.74) is 3.89. The molecule has 0 fully saturated rings. The molecule has 0 aliphatic heterocycles. The Kier molecular flexibility index (Phi) is 5.34. The van der Waals surface area contributed by atoms with Crippen molar-refractivity contribution in [2.45, 2.75) is 26.8 Å². The number of rotatable bonds is 4. The summed E-state index contributed by atoms with van der Waals surface area (Å²) in [5.74, 6) is 0.242. The number of nitriles is 1. The van der Waals surface area contributed by atoms with Crippen molar-refractivity contribution in [2.24, 2.45) is 0 Å². The molecular formula is C22H20ClN3O. The van der Waals surface area contributed by atoms with Crippen molar-refractivity contribution in [3.8, 4) is 6.07 Å². The molecule has 1 N–H and O–H groups in total. The third-order valence-electron chi connectivity index (χ3n) is 4.88. The summed E-state index contributed by atoms with van der Waals surface area (Å²) in [6, 6.07) is 18.9. The number of nitrogens with zero attached hydrogens (tertiary/aromatic N) is 2. The summed E-state index contributed by atoms with van der Waals surface area (Å²) in [7, 11) is 0. The van der Waals surface area contributed by atoms with Gasteiger partial charge in [0.05, 0.1) is 11.6 Å². The minimum absolute atomic E-state index is 0.0347. The average molecular weight is 378 g/mol. The van der Waals surface area contributed by atoms with Gasteiger partial charge in [0.2, 0.25) is 0 Å². The maximum absolute atomic E-state index is 12.7. The van der Waals surface area contributed by atoms with Crippen LogP contribution in [0.5, 0.6) is 0 Å². The molecule has 3 rings (SSSR count). The number of anilines is 1. The van der Waals surface area contributed by atoms with Crippen molar-refractivity contribution >= 4 is 23.3 Å². The van der Waals surface area contributed by atoms with Crippen LogP contribution in [-0.2, 0) is 0 Å². The molecule has 136 valence electrons. The predicted octanol–water partition coefficient (Wildman–Crippen LogP) is 5.49. The molecule has 1 aromatic heterocycles. The molecule has 3 aromatic rings. The lowest BCUT2D eigenvalue weighted by atomic mass is 10.1. The Morgan fingerprint density at radius 3 is 2.33 bits per heavy atom. The van der Waals surface area contributed by atoms with Crippen LogP contribution >= 0.6 is 11.6 Å². The van der Waals surface area contributed by atoms with Crippen LogP contribution in [0.15, 0.2) is 54.6 Å². The first-order valence-corrected chi connectivity index (χ1v) is 9.05. The lowest BCUT2D eigenvalue weighted by Crippen LogP contribution is -2.18. The molecule has 1 amide bonds. The lowest BCUT2D eigenvalue weighted by Gasteiger charge is -2.20. The van der Waals surface area contributed by atoms with Gasteiger partial charge >= 0.3 is 0 Å². The number of amides is 1. The van der Waals surface area contributed by atoms with Gasteiger partial charge in [-0.25, -0.2) is 0 Å². The fraction of sp³-hybridized carbons (Fsp3) is 0.182. The van der Waals surface area contributed by atoms with Crippen LogP contribution < -0.4 is 5.32 Å². The van der Waals surface area contributed by atoms with Gasteiger partial charge in [0, 0.05) is 16.3 Å². The van der Waals surface area contributed by atoms with Crippen molar-refractivity contribution < 1.29 is 4.79 Å². The first-order valence-electron chi connectivity index (χ1n) is 8.67. The first-order chi connectivity index (χ1) is 12.9. The fourth-order valence-corrected chi connectivity index (χ4v) is 3.36. The molecule has 0 saturated heterocycles. The van der Waals surface area contributed by atoms with Crippen LogP contribution in [0.3, 0.4) is 0 Å². The molecule has 27 heavy (non-hydrogen) atoms. The van der Waals surface area contributed by atoms with Gasteiger partial charge < -0.3 is 9.88 Å². The lowest BCUT2D eigenvalue weighted by molar-refractivity contribution is 0.102. The van der Waals surface area contributed by atoms with Crippen LogP contribution in [0, 0.1) is 25.2 Å². The molecule has 0 saturated carbocycles. The van der Waals surface area contributed by atoms with Crippen molar-refractivity contribution in [1.82, 2.24) is 4.57 Å². The summed E-state index contributed by atoms with van der Waals surface area (Å²) < 4.78 is 2.01. The number of aromatic nitrogens is 1. The van der Waals surface area contributed by atoms with Crippen molar-refractivity contribution in [3.63, 3.8) is 0 Å². The Bertz CT molecular complexity index is 1010. The largest absolute Gasteiger partial charge is 0.323 e. The Morgan fingerprint density at radius 1 is 1.11 bits per heavy atom. The quantitative estimate of drug-likeness (QED) is 0.653. The molecule has 4 nitrogen and oxygen atoms in total. The van der Waals surface area contributed by atoms with Gasteiger partial charge in [-0.05, 0) is 56.2 Å². The van der Waals surface area contributed by atoms with Crippen molar-refractivity contribution in [3.05, 3.63) is 87.6 Å². The van der Waals surface area contributed by atoms with Gasteiger partial charge in [-0.1, -0.05) is 41.9 Å². The van der Waals surface area contributed by atoms with Gasteiger partial charge in [-0.2, -0.15) is 5.26 Å². The first kappa shape index (κ1) is 18.8. The molecular weight excluding hydrogens is 358 g/mol. The van der Waals surface area contributed by atoms with Crippen molar-refractivity contribution in [2.75, 3.05) is 5.32 Å². The number of carbonyl (C=O) groups is 1. The van der Waals surface area contributed by atoms with Crippen LogP contribution in [-0.4, -0.2) is 10.5 Å². The molecule has 0 bridgehead atoms. The highest BCUT2D eigenvalue weighted by Gasteiger charge is 2.23. The highest BCUT2D eigenvalue weighted by atomic mass is 35.5. The van der Waals surface area contributed by atoms with E-state index < -0.39 is 0 Å². The molecule has 0 aliphatic rings. The minimum Gasteiger partial charge on any atom is -0.323 e. The molecule has 1 heterocycles. The van der Waals surface area contributed by atoms with Crippen LogP contribution in [0.2, 0.25) is 5.02 Å². The average Bonchev–Trinajstić information content (AvgIpc) is 2.92. The summed E-state index contributed by atoms with van der Waals surface area (Å²) >= 11 is 5.90. The SMILES string of the molecule is Cc1c(C#N)c(NC(=O)c2ccc(Cl)cc2)n([C@@H](C)c2ccccc2)c1C. The standard InChI is InChI=1S/C22H20ClN3O/c1-14-15(2)26(16(3)17-7-5-4-6-8-17)21(20(14)13-24)25-22(27)18-9-11-19(23)12-10-18/h4-12,16H,1-3H3,(H,25,27)/t16-/m0/s1. The maximum Gasteiger partial charge on any atom is 0.256 e. The van der Waals surface area contributed by atoms with E-state index in [1.807, 2.05) is 48.7 Å². The summed E-state index contributed by atoms with van der Waals surface area (Å²) in [4.78, 5) is 12.7. The van der Waals surface area contributed by atoms with Crippen LogP contribution in [0.1, 0.15) is 45.7 Å². The zero-order valence-electron chi connectivity index (χ0n) is 15.5. The van der Waals surface area contributed by atoms with Gasteiger partial charge in [0.15, 0.2) is 0 Å². The third kappa shape index (κ3) is 3.60. The molecule has 0 radical (unpaired) electrons. The van der Waals surface area contributed by atoms with E-state index in [9.17, 15) is 10.1 Å². The van der Waals surface area contributed by atoms with Gasteiger partial charge in [0.25, 0.3) is 5.91 Å². The Hall–Kier alpha value is -3.03. The maximum atomic E-state index is 12.7. The van der Waals surface area contributed by atoms with Gasteiger partial charge in [-0.3, -0.25) is 4.79 Å². The van der Waals surface area contributed by atoms with E-state index in [0.717, 1.165) is 16.8 Å². The van der Waals surface area contributed by atoms with E-state index in [0.29, 0.717) is 22.0 Å². The Labute approximate surface area is 164 Å². The van der Waals surface area contributed by atoms with E-state index >= 15 is 0 Å². The molecule has 0 spiro atoms. The minimum atomic E-state index is -0.276.